The van der Waals surface area contributed by atoms with Crippen molar-refractivity contribution in [2.45, 2.75) is 45.3 Å². The number of hydrogen-bond acceptors (Lipinski definition) is 3. The summed E-state index contributed by atoms with van der Waals surface area (Å²) in [5.74, 6) is 0. The molecule has 1 heterocycles. The number of anilines is 3. The van der Waals surface area contributed by atoms with Crippen LogP contribution < -0.4 is 9.91 Å². The van der Waals surface area contributed by atoms with Crippen molar-refractivity contribution in [1.82, 2.24) is 5.01 Å². The minimum Gasteiger partial charge on any atom is -0.342 e. The van der Waals surface area contributed by atoms with Crippen molar-refractivity contribution in [3.8, 4) is 0 Å². The average Bonchev–Trinajstić information content (AvgIpc) is 2.88. The molecule has 3 nitrogen and oxygen atoms in total. The molecule has 178 valence electrons. The minimum atomic E-state index is -0.0144. The van der Waals surface area contributed by atoms with E-state index in [1.165, 1.54) is 28.1 Å². The molecular weight excluding hydrogens is 426 g/mol. The Hall–Kier alpha value is -3.56. The lowest BCUT2D eigenvalue weighted by atomic mass is 9.83. The van der Waals surface area contributed by atoms with Crippen molar-refractivity contribution in [2.75, 3.05) is 17.0 Å². The van der Waals surface area contributed by atoms with E-state index in [1.54, 1.807) is 0 Å². The first-order valence-corrected chi connectivity index (χ1v) is 12.5. The maximum Gasteiger partial charge on any atom is 0.126 e. The molecule has 4 aromatic carbocycles. The van der Waals surface area contributed by atoms with Gasteiger partial charge in [-0.2, -0.15) is 5.01 Å². The Labute approximate surface area is 210 Å². The molecule has 0 fully saturated rings. The average molecular weight is 462 g/mol. The van der Waals surface area contributed by atoms with E-state index in [2.05, 4.69) is 159 Å². The van der Waals surface area contributed by atoms with Crippen molar-refractivity contribution in [3.05, 3.63) is 126 Å². The molecule has 4 aromatic rings. The summed E-state index contributed by atoms with van der Waals surface area (Å²) in [4.78, 5) is 2.63. The molecule has 0 bridgehead atoms. The summed E-state index contributed by atoms with van der Waals surface area (Å²) in [5.41, 5.74) is 7.59. The second kappa shape index (κ2) is 9.24. The molecule has 0 spiro atoms. The molecule has 1 aliphatic rings. The number of hydrazine groups is 1. The fourth-order valence-corrected chi connectivity index (χ4v) is 5.35. The van der Waals surface area contributed by atoms with E-state index < -0.39 is 0 Å². The number of benzene rings is 4. The van der Waals surface area contributed by atoms with Gasteiger partial charge < -0.3 is 4.90 Å². The number of rotatable bonds is 4. The molecule has 1 aliphatic heterocycles. The topological polar surface area (TPSA) is 9.72 Å². The highest BCUT2D eigenvalue weighted by atomic mass is 15.7. The lowest BCUT2D eigenvalue weighted by molar-refractivity contribution is 0.215. The molecule has 0 aliphatic carbocycles. The van der Waals surface area contributed by atoms with Gasteiger partial charge in [-0.3, -0.25) is 5.01 Å². The van der Waals surface area contributed by atoms with E-state index >= 15 is 0 Å². The fourth-order valence-electron chi connectivity index (χ4n) is 5.35. The third-order valence-corrected chi connectivity index (χ3v) is 7.04. The second-order valence-corrected chi connectivity index (χ2v) is 10.4. The van der Waals surface area contributed by atoms with Crippen LogP contribution >= 0.6 is 0 Å². The Morgan fingerprint density at radius 3 is 1.86 bits per heavy atom. The molecule has 5 rings (SSSR count). The predicted octanol–water partition coefficient (Wildman–Crippen LogP) is 8.25. The monoisotopic (exact) mass is 461 g/mol. The Bertz CT molecular complexity index is 1260. The molecule has 35 heavy (non-hydrogen) atoms. The van der Waals surface area contributed by atoms with Crippen molar-refractivity contribution in [1.29, 1.82) is 0 Å². The molecule has 2 atom stereocenters. The van der Waals surface area contributed by atoms with Crippen LogP contribution in [0.5, 0.6) is 0 Å². The Balaban J connectivity index is 1.82. The highest BCUT2D eigenvalue weighted by Crippen LogP contribution is 2.52. The van der Waals surface area contributed by atoms with Gasteiger partial charge in [-0.05, 0) is 47.2 Å². The third kappa shape index (κ3) is 4.21. The van der Waals surface area contributed by atoms with Crippen LogP contribution in [-0.2, 0) is 5.41 Å². The van der Waals surface area contributed by atoms with Crippen molar-refractivity contribution in [3.63, 3.8) is 0 Å². The molecule has 0 aromatic heterocycles. The number of hydrogen-bond donors (Lipinski definition) is 0. The maximum absolute atomic E-state index is 2.63. The number of fused-ring (bicyclic) bond motifs is 1. The molecular formula is C32H35N3. The van der Waals surface area contributed by atoms with E-state index in [-0.39, 0.29) is 17.6 Å². The van der Waals surface area contributed by atoms with Gasteiger partial charge in [-0.15, -0.1) is 0 Å². The van der Waals surface area contributed by atoms with E-state index in [0.29, 0.717) is 0 Å². The maximum atomic E-state index is 2.63. The molecule has 0 radical (unpaired) electrons. The van der Waals surface area contributed by atoms with Gasteiger partial charge in [0.1, 0.15) is 6.17 Å². The van der Waals surface area contributed by atoms with Crippen LogP contribution in [0.2, 0.25) is 0 Å². The summed E-state index contributed by atoms with van der Waals surface area (Å²) < 4.78 is 0. The number of para-hydroxylation sites is 2. The Kier molecular flexibility index (Phi) is 6.12. The zero-order valence-electron chi connectivity index (χ0n) is 21.4. The van der Waals surface area contributed by atoms with E-state index in [4.69, 9.17) is 0 Å². The van der Waals surface area contributed by atoms with Gasteiger partial charge in [0, 0.05) is 7.05 Å². The first kappa shape index (κ1) is 23.2. The second-order valence-electron chi connectivity index (χ2n) is 10.4. The van der Waals surface area contributed by atoms with Crippen molar-refractivity contribution < 1.29 is 0 Å². The largest absolute Gasteiger partial charge is 0.342 e. The first-order valence-electron chi connectivity index (χ1n) is 12.5. The van der Waals surface area contributed by atoms with Gasteiger partial charge in [0.25, 0.3) is 0 Å². The zero-order chi connectivity index (χ0) is 24.6. The van der Waals surface area contributed by atoms with Gasteiger partial charge >= 0.3 is 0 Å². The summed E-state index contributed by atoms with van der Waals surface area (Å²) in [7, 11) is 2.21. The summed E-state index contributed by atoms with van der Waals surface area (Å²) in [6.07, 6.45) is 0.0163. The molecule has 2 unspecified atom stereocenters. The SMILES string of the molecule is CC(c1ccccc1)N1c2c(cccc2C(C)(C)C)N(c2ccccc2)N(C)C1c1ccccc1. The lowest BCUT2D eigenvalue weighted by Crippen LogP contribution is -2.52. The van der Waals surface area contributed by atoms with E-state index in [0.717, 1.165) is 5.69 Å². The van der Waals surface area contributed by atoms with Gasteiger partial charge in [-0.1, -0.05) is 112 Å². The van der Waals surface area contributed by atoms with Crippen LogP contribution in [0.4, 0.5) is 17.1 Å². The summed E-state index contributed by atoms with van der Waals surface area (Å²) in [6, 6.07) is 39.4. The lowest BCUT2D eigenvalue weighted by Gasteiger charge is -2.54. The van der Waals surface area contributed by atoms with Crippen LogP contribution in [-0.4, -0.2) is 12.1 Å². The van der Waals surface area contributed by atoms with Gasteiger partial charge in [0.15, 0.2) is 0 Å². The van der Waals surface area contributed by atoms with Crippen LogP contribution in [0.15, 0.2) is 109 Å². The summed E-state index contributed by atoms with van der Waals surface area (Å²) in [6.45, 7) is 9.28. The molecule has 3 heteroatoms. The smallest absolute Gasteiger partial charge is 0.126 e. The minimum absolute atomic E-state index is 0.0144. The first-order chi connectivity index (χ1) is 16.9. The van der Waals surface area contributed by atoms with Gasteiger partial charge in [0.2, 0.25) is 0 Å². The number of nitrogens with zero attached hydrogens (tertiary/aromatic N) is 3. The van der Waals surface area contributed by atoms with Crippen molar-refractivity contribution in [2.24, 2.45) is 0 Å². The van der Waals surface area contributed by atoms with E-state index in [1.807, 2.05) is 0 Å². The van der Waals surface area contributed by atoms with Crippen LogP contribution in [0.1, 0.15) is 56.6 Å². The normalized spacial score (nSPS) is 17.2. The molecule has 0 saturated heterocycles. The van der Waals surface area contributed by atoms with Crippen molar-refractivity contribution >= 4 is 17.1 Å². The summed E-state index contributed by atoms with van der Waals surface area (Å²) in [5, 5.41) is 4.77. The zero-order valence-corrected chi connectivity index (χ0v) is 21.4. The fraction of sp³-hybridized carbons (Fsp3) is 0.250. The van der Waals surface area contributed by atoms with Gasteiger partial charge in [0.05, 0.1) is 23.1 Å². The van der Waals surface area contributed by atoms with Crippen LogP contribution in [0, 0.1) is 0 Å². The quantitative estimate of drug-likeness (QED) is 0.303. The summed E-state index contributed by atoms with van der Waals surface area (Å²) >= 11 is 0. The van der Waals surface area contributed by atoms with Crippen LogP contribution in [0.25, 0.3) is 0 Å². The predicted molar refractivity (Wildman–Crippen MR) is 148 cm³/mol. The highest BCUT2D eigenvalue weighted by molar-refractivity contribution is 5.83. The molecule has 0 saturated carbocycles. The molecule has 0 amide bonds. The Morgan fingerprint density at radius 1 is 0.686 bits per heavy atom. The highest BCUT2D eigenvalue weighted by Gasteiger charge is 2.42. The van der Waals surface area contributed by atoms with Crippen LogP contribution in [0.3, 0.4) is 0 Å². The van der Waals surface area contributed by atoms with Gasteiger partial charge in [-0.25, -0.2) is 0 Å². The van der Waals surface area contributed by atoms with E-state index in [9.17, 15) is 0 Å². The third-order valence-electron chi connectivity index (χ3n) is 7.04. The molecule has 0 N–H and O–H groups in total. The standard InChI is InChI=1S/C32H35N3/c1-24(25-16-9-6-10-17-25)34-30-28(32(2,3)4)22-15-23-29(30)35(27-20-13-8-14-21-27)33(5)31(34)26-18-11-7-12-19-26/h6-24,31H,1-5H3. The Morgan fingerprint density at radius 2 is 1.26 bits per heavy atom.